The van der Waals surface area contributed by atoms with Crippen LogP contribution in [0.2, 0.25) is 0 Å². The number of aromatic nitrogens is 3. The predicted molar refractivity (Wildman–Crippen MR) is 119 cm³/mol. The second-order valence-electron chi connectivity index (χ2n) is 8.57. The summed E-state index contributed by atoms with van der Waals surface area (Å²) in [7, 11) is 0. The van der Waals surface area contributed by atoms with E-state index in [4.69, 9.17) is 9.15 Å². The highest BCUT2D eigenvalue weighted by Crippen LogP contribution is 2.49. The number of anilines is 1. The van der Waals surface area contributed by atoms with E-state index in [2.05, 4.69) is 27.4 Å². The Kier molecular flexibility index (Phi) is 5.61. The molecular formula is C24H27N5O3. The van der Waals surface area contributed by atoms with Gasteiger partial charge in [-0.2, -0.15) is 0 Å². The van der Waals surface area contributed by atoms with Gasteiger partial charge in [0.05, 0.1) is 5.92 Å². The molecule has 0 saturated carbocycles. The molecule has 4 heterocycles. The number of likely N-dealkylation sites (tertiary alicyclic amines) is 1. The summed E-state index contributed by atoms with van der Waals surface area (Å²) in [5.74, 6) is 1.03. The Morgan fingerprint density at radius 1 is 1.12 bits per heavy atom. The maximum Gasteiger partial charge on any atom is 0.321 e. The van der Waals surface area contributed by atoms with Crippen LogP contribution in [0.25, 0.3) is 11.5 Å². The van der Waals surface area contributed by atoms with Crippen LogP contribution in [0.4, 0.5) is 10.5 Å². The van der Waals surface area contributed by atoms with Crippen molar-refractivity contribution in [3.05, 3.63) is 60.2 Å². The fourth-order valence-electron chi connectivity index (χ4n) is 4.76. The number of aryl methyl sites for hydroxylation is 1. The first-order chi connectivity index (χ1) is 15.7. The standard InChI is InChI=1S/C24H27N5O3/c1-2-17-3-5-19(6-4-17)26-23(30)29-15-20(24(16-29)9-13-31-14-10-24)22-28-27-21(32-22)18-7-11-25-12-8-18/h3-8,11-12,20H,2,9-10,13-16H2,1H3,(H,26,30). The van der Waals surface area contributed by atoms with Gasteiger partial charge in [0.1, 0.15) is 0 Å². The Bertz CT molecular complexity index is 1060. The van der Waals surface area contributed by atoms with Gasteiger partial charge < -0.3 is 19.4 Å². The van der Waals surface area contributed by atoms with E-state index in [1.54, 1.807) is 12.4 Å². The van der Waals surface area contributed by atoms with Gasteiger partial charge in [-0.25, -0.2) is 4.79 Å². The molecule has 2 amide bonds. The molecule has 2 fully saturated rings. The molecule has 0 aliphatic carbocycles. The van der Waals surface area contributed by atoms with Crippen LogP contribution in [0.3, 0.4) is 0 Å². The molecule has 0 bridgehead atoms. The van der Waals surface area contributed by atoms with E-state index in [-0.39, 0.29) is 17.4 Å². The number of hydrogen-bond donors (Lipinski definition) is 1. The van der Waals surface area contributed by atoms with Crippen LogP contribution in [0, 0.1) is 5.41 Å². The third-order valence-corrected chi connectivity index (χ3v) is 6.70. The Balaban J connectivity index is 1.37. The highest BCUT2D eigenvalue weighted by Gasteiger charge is 2.51. The van der Waals surface area contributed by atoms with Gasteiger partial charge in [0, 0.05) is 55.4 Å². The first-order valence-corrected chi connectivity index (χ1v) is 11.1. The summed E-state index contributed by atoms with van der Waals surface area (Å²) in [6.45, 7) is 4.65. The van der Waals surface area contributed by atoms with Crippen molar-refractivity contribution in [2.75, 3.05) is 31.6 Å². The van der Waals surface area contributed by atoms with Crippen LogP contribution in [-0.2, 0) is 11.2 Å². The van der Waals surface area contributed by atoms with Crippen LogP contribution in [0.1, 0.15) is 37.1 Å². The average Bonchev–Trinajstić information content (AvgIpc) is 3.46. The summed E-state index contributed by atoms with van der Waals surface area (Å²) < 4.78 is 11.7. The van der Waals surface area contributed by atoms with Crippen molar-refractivity contribution in [2.24, 2.45) is 5.41 Å². The zero-order valence-corrected chi connectivity index (χ0v) is 18.2. The van der Waals surface area contributed by atoms with E-state index in [1.165, 1.54) is 5.56 Å². The second-order valence-corrected chi connectivity index (χ2v) is 8.57. The van der Waals surface area contributed by atoms with Gasteiger partial charge in [0.2, 0.25) is 11.8 Å². The van der Waals surface area contributed by atoms with Gasteiger partial charge in [0.25, 0.3) is 0 Å². The Labute approximate surface area is 187 Å². The largest absolute Gasteiger partial charge is 0.420 e. The number of carbonyl (C=O) groups is 1. The number of benzene rings is 1. The molecule has 2 saturated heterocycles. The SMILES string of the molecule is CCc1ccc(NC(=O)N2CC(c3nnc(-c4ccncc4)o3)C3(CCOCC3)C2)cc1. The molecular weight excluding hydrogens is 406 g/mol. The van der Waals surface area contributed by atoms with Crippen molar-refractivity contribution in [1.82, 2.24) is 20.1 Å². The molecule has 1 atom stereocenters. The molecule has 8 nitrogen and oxygen atoms in total. The van der Waals surface area contributed by atoms with Crippen LogP contribution < -0.4 is 5.32 Å². The van der Waals surface area contributed by atoms with Crippen LogP contribution in [0.15, 0.2) is 53.2 Å². The molecule has 2 aliphatic heterocycles. The van der Waals surface area contributed by atoms with Crippen molar-refractivity contribution in [1.29, 1.82) is 0 Å². The van der Waals surface area contributed by atoms with Gasteiger partial charge in [-0.3, -0.25) is 4.98 Å². The topological polar surface area (TPSA) is 93.4 Å². The molecule has 5 rings (SSSR count). The monoisotopic (exact) mass is 433 g/mol. The lowest BCUT2D eigenvalue weighted by atomic mass is 9.72. The summed E-state index contributed by atoms with van der Waals surface area (Å²) in [5, 5.41) is 11.7. The summed E-state index contributed by atoms with van der Waals surface area (Å²) in [6.07, 6.45) is 6.10. The van der Waals surface area contributed by atoms with E-state index in [9.17, 15) is 4.79 Å². The molecule has 2 aliphatic rings. The van der Waals surface area contributed by atoms with Gasteiger partial charge in [-0.05, 0) is 49.1 Å². The average molecular weight is 434 g/mol. The minimum atomic E-state index is -0.121. The van der Waals surface area contributed by atoms with Crippen LogP contribution in [0.5, 0.6) is 0 Å². The summed E-state index contributed by atoms with van der Waals surface area (Å²) in [5.41, 5.74) is 2.76. The van der Waals surface area contributed by atoms with E-state index in [1.807, 2.05) is 41.3 Å². The van der Waals surface area contributed by atoms with E-state index < -0.39 is 0 Å². The lowest BCUT2D eigenvalue weighted by molar-refractivity contribution is 0.0104. The number of hydrogen-bond acceptors (Lipinski definition) is 6. The number of nitrogens with one attached hydrogen (secondary N) is 1. The van der Waals surface area contributed by atoms with Gasteiger partial charge in [-0.1, -0.05) is 19.1 Å². The number of urea groups is 1. The van der Waals surface area contributed by atoms with Crippen molar-refractivity contribution >= 4 is 11.7 Å². The molecule has 8 heteroatoms. The Hall–Kier alpha value is -3.26. The third-order valence-electron chi connectivity index (χ3n) is 6.70. The third kappa shape index (κ3) is 3.98. The van der Waals surface area contributed by atoms with Crippen molar-refractivity contribution in [3.8, 4) is 11.5 Å². The minimum Gasteiger partial charge on any atom is -0.420 e. The number of rotatable bonds is 4. The zero-order valence-electron chi connectivity index (χ0n) is 18.2. The predicted octanol–water partition coefficient (Wildman–Crippen LogP) is 4.12. The Morgan fingerprint density at radius 3 is 2.59 bits per heavy atom. The van der Waals surface area contributed by atoms with E-state index in [0.29, 0.717) is 38.1 Å². The second kappa shape index (κ2) is 8.70. The summed E-state index contributed by atoms with van der Waals surface area (Å²) >= 11 is 0. The van der Waals surface area contributed by atoms with Crippen molar-refractivity contribution in [3.63, 3.8) is 0 Å². The van der Waals surface area contributed by atoms with Crippen molar-refractivity contribution < 1.29 is 13.9 Å². The lowest BCUT2D eigenvalue weighted by Gasteiger charge is -2.36. The van der Waals surface area contributed by atoms with Gasteiger partial charge >= 0.3 is 6.03 Å². The lowest BCUT2D eigenvalue weighted by Crippen LogP contribution is -2.38. The molecule has 1 unspecified atom stereocenters. The number of pyridine rings is 1. The molecule has 1 N–H and O–H groups in total. The summed E-state index contributed by atoms with van der Waals surface area (Å²) in [6, 6.07) is 11.6. The zero-order chi connectivity index (χ0) is 22.0. The Morgan fingerprint density at radius 2 is 1.88 bits per heavy atom. The van der Waals surface area contributed by atoms with Gasteiger partial charge in [0.15, 0.2) is 0 Å². The molecule has 3 aromatic rings. The molecule has 2 aromatic heterocycles. The summed E-state index contributed by atoms with van der Waals surface area (Å²) in [4.78, 5) is 19.0. The smallest absolute Gasteiger partial charge is 0.321 e. The quantitative estimate of drug-likeness (QED) is 0.665. The molecule has 1 aromatic carbocycles. The highest BCUT2D eigenvalue weighted by molar-refractivity contribution is 5.89. The fourth-order valence-corrected chi connectivity index (χ4v) is 4.76. The fraction of sp³-hybridized carbons (Fsp3) is 0.417. The molecule has 166 valence electrons. The van der Waals surface area contributed by atoms with Crippen LogP contribution >= 0.6 is 0 Å². The van der Waals surface area contributed by atoms with Gasteiger partial charge in [-0.15, -0.1) is 10.2 Å². The number of carbonyl (C=O) groups excluding carboxylic acids is 1. The minimum absolute atomic E-state index is 0.0253. The first kappa shape index (κ1) is 20.6. The number of ether oxygens (including phenoxy) is 1. The molecule has 32 heavy (non-hydrogen) atoms. The maximum absolute atomic E-state index is 13.1. The molecule has 0 radical (unpaired) electrons. The highest BCUT2D eigenvalue weighted by atomic mass is 16.5. The number of amides is 2. The number of nitrogens with zero attached hydrogens (tertiary/aromatic N) is 4. The van der Waals surface area contributed by atoms with Crippen molar-refractivity contribution in [2.45, 2.75) is 32.1 Å². The maximum atomic E-state index is 13.1. The molecule has 1 spiro atoms. The van der Waals surface area contributed by atoms with E-state index in [0.717, 1.165) is 30.5 Å². The van der Waals surface area contributed by atoms with E-state index >= 15 is 0 Å². The normalized spacial score (nSPS) is 19.9. The van der Waals surface area contributed by atoms with Crippen LogP contribution in [-0.4, -0.2) is 52.4 Å². The first-order valence-electron chi connectivity index (χ1n) is 11.1.